The monoisotopic (exact) mass is 597 g/mol. The molecule has 0 saturated carbocycles. The summed E-state index contributed by atoms with van der Waals surface area (Å²) in [6, 6.07) is 5.78. The molecule has 1 aromatic carbocycles. The molecule has 42 heavy (non-hydrogen) atoms. The maximum atomic E-state index is 13.8. The summed E-state index contributed by atoms with van der Waals surface area (Å²) in [5, 5.41) is 6.62. The number of hydrazone groups is 1. The average Bonchev–Trinajstić information content (AvgIpc) is 3.57. The minimum Gasteiger partial charge on any atom is -0.460 e. The van der Waals surface area contributed by atoms with Crippen LogP contribution < -0.4 is 0 Å². The second-order valence-corrected chi connectivity index (χ2v) is 12.9. The van der Waals surface area contributed by atoms with Gasteiger partial charge in [0.1, 0.15) is 5.03 Å². The zero-order valence-corrected chi connectivity index (χ0v) is 24.5. The van der Waals surface area contributed by atoms with Crippen LogP contribution in [0.25, 0.3) is 10.9 Å². The van der Waals surface area contributed by atoms with E-state index in [0.29, 0.717) is 61.6 Å². The van der Waals surface area contributed by atoms with Gasteiger partial charge in [0.25, 0.3) is 10.0 Å². The predicted octanol–water partition coefficient (Wildman–Crippen LogP) is 0.889. The van der Waals surface area contributed by atoms with Crippen LogP contribution in [0.4, 0.5) is 4.79 Å². The minimum absolute atomic E-state index is 0.0118. The molecule has 2 aromatic rings. The first-order valence-electron chi connectivity index (χ1n) is 14.2. The van der Waals surface area contributed by atoms with Gasteiger partial charge in [-0.2, -0.15) is 4.31 Å². The van der Waals surface area contributed by atoms with Gasteiger partial charge in [0, 0.05) is 62.2 Å². The molecule has 6 rings (SSSR count). The van der Waals surface area contributed by atoms with E-state index < -0.39 is 16.1 Å². The first-order chi connectivity index (χ1) is 20.2. The Morgan fingerprint density at radius 3 is 2.69 bits per heavy atom. The van der Waals surface area contributed by atoms with E-state index in [-0.39, 0.29) is 55.3 Å². The molecule has 0 spiro atoms. The number of likely N-dealkylation sites (N-methyl/N-ethyl adjacent to an activating group) is 1. The Bertz CT molecular complexity index is 1560. The fourth-order valence-corrected chi connectivity index (χ4v) is 7.45. The van der Waals surface area contributed by atoms with Crippen LogP contribution in [0.15, 0.2) is 34.4 Å². The molecule has 3 unspecified atom stereocenters. The van der Waals surface area contributed by atoms with Gasteiger partial charge < -0.3 is 24.3 Å². The number of H-pyrrole nitrogens is 1. The zero-order chi connectivity index (χ0) is 29.6. The molecular weight excluding hydrogens is 562 g/mol. The summed E-state index contributed by atoms with van der Waals surface area (Å²) >= 11 is 0. The number of sulfonamides is 1. The number of fused-ring (bicyclic) bond motifs is 2. The lowest BCUT2D eigenvalue weighted by molar-refractivity contribution is -0.136. The number of nitrogens with one attached hydrogen (secondary N) is 1. The third kappa shape index (κ3) is 5.22. The Morgan fingerprint density at radius 2 is 1.93 bits per heavy atom. The van der Waals surface area contributed by atoms with Gasteiger partial charge in [0.2, 0.25) is 11.8 Å². The lowest BCUT2D eigenvalue weighted by Crippen LogP contribution is -2.60. The van der Waals surface area contributed by atoms with Crippen molar-refractivity contribution in [3.63, 3.8) is 0 Å². The number of terminal acetylenes is 1. The number of piperazine rings is 1. The number of hydrogen-bond acceptors (Lipinski definition) is 8. The quantitative estimate of drug-likeness (QED) is 0.518. The highest BCUT2D eigenvalue weighted by molar-refractivity contribution is 7.89. The molecule has 0 aliphatic carbocycles. The van der Waals surface area contributed by atoms with E-state index in [2.05, 4.69) is 20.9 Å². The van der Waals surface area contributed by atoms with Crippen LogP contribution in [0.5, 0.6) is 0 Å². The van der Waals surface area contributed by atoms with Gasteiger partial charge in [-0.1, -0.05) is 5.92 Å². The molecule has 0 bridgehead atoms. The lowest BCUT2D eigenvalue weighted by atomic mass is 10.1. The molecular formula is C28H35N7O6S. The number of nitrogens with zero attached hydrogens (tertiary/aromatic N) is 6. The number of benzene rings is 1. The topological polar surface area (TPSA) is 131 Å². The third-order valence-electron chi connectivity index (χ3n) is 8.54. The number of carbonyl (C=O) groups excluding carboxylic acids is 2. The number of amides is 3. The van der Waals surface area contributed by atoms with Crippen LogP contribution in [0, 0.1) is 12.3 Å². The Morgan fingerprint density at radius 1 is 1.14 bits per heavy atom. The number of morpholine rings is 1. The lowest BCUT2D eigenvalue weighted by Gasteiger charge is -2.42. The molecule has 0 radical (unpaired) electrons. The van der Waals surface area contributed by atoms with Crippen LogP contribution in [0.2, 0.25) is 0 Å². The molecule has 1 N–H and O–H groups in total. The number of aromatic amines is 1. The van der Waals surface area contributed by atoms with Crippen molar-refractivity contribution in [2.75, 3.05) is 59.5 Å². The van der Waals surface area contributed by atoms with Crippen LogP contribution in [0.1, 0.15) is 25.3 Å². The molecule has 3 amide bonds. The van der Waals surface area contributed by atoms with E-state index in [1.165, 1.54) is 9.31 Å². The highest BCUT2D eigenvalue weighted by atomic mass is 32.2. The van der Waals surface area contributed by atoms with E-state index in [4.69, 9.17) is 15.9 Å². The average molecular weight is 598 g/mol. The van der Waals surface area contributed by atoms with E-state index in [9.17, 15) is 18.0 Å². The maximum Gasteiger partial charge on any atom is 0.340 e. The number of urea groups is 1. The molecule has 13 nitrogen and oxygen atoms in total. The fourth-order valence-electron chi connectivity index (χ4n) is 5.97. The molecule has 3 saturated heterocycles. The van der Waals surface area contributed by atoms with Crippen molar-refractivity contribution < 1.29 is 27.5 Å². The Kier molecular flexibility index (Phi) is 7.61. The Labute approximate surface area is 245 Å². The highest BCUT2D eigenvalue weighted by Gasteiger charge is 2.43. The van der Waals surface area contributed by atoms with Crippen molar-refractivity contribution in [2.24, 2.45) is 5.10 Å². The van der Waals surface area contributed by atoms with Crippen LogP contribution >= 0.6 is 0 Å². The highest BCUT2D eigenvalue weighted by Crippen LogP contribution is 2.28. The normalized spacial score (nSPS) is 25.6. The summed E-state index contributed by atoms with van der Waals surface area (Å²) in [7, 11) is -2.00. The molecule has 3 fully saturated rings. The van der Waals surface area contributed by atoms with Gasteiger partial charge >= 0.3 is 6.03 Å². The molecule has 1 aromatic heterocycles. The van der Waals surface area contributed by atoms with Crippen molar-refractivity contribution >= 4 is 38.8 Å². The standard InChI is InChI=1S/C28H35N7O6S/c1-4-20-5-6-23-21(15-20)16-25(29-23)42(38,39)33-9-10-34(22(18-33)17-26(36)32-11-13-40-14-12-32)28(37)35-8-7-24-27(30-35)41-19(2)31(24)3/h1,5-6,15-16,19,22,24,29H,7-14,17-18H2,2-3H3. The summed E-state index contributed by atoms with van der Waals surface area (Å²) < 4.78 is 40.2. The maximum absolute atomic E-state index is 13.8. The second-order valence-electron chi connectivity index (χ2n) is 11.0. The minimum atomic E-state index is -3.96. The third-order valence-corrected chi connectivity index (χ3v) is 10.3. The van der Waals surface area contributed by atoms with Crippen molar-refractivity contribution in [1.82, 2.24) is 29.0 Å². The summed E-state index contributed by atoms with van der Waals surface area (Å²) in [6.07, 6.45) is 6.02. The molecule has 14 heteroatoms. The smallest absolute Gasteiger partial charge is 0.340 e. The number of aromatic nitrogens is 1. The molecule has 5 heterocycles. The summed E-state index contributed by atoms with van der Waals surface area (Å²) in [4.78, 5) is 35.5. The molecule has 3 atom stereocenters. The van der Waals surface area contributed by atoms with Gasteiger partial charge in [-0.25, -0.2) is 18.2 Å². The summed E-state index contributed by atoms with van der Waals surface area (Å²) in [5.41, 5.74) is 1.30. The van der Waals surface area contributed by atoms with Gasteiger partial charge in [-0.3, -0.25) is 9.69 Å². The number of ether oxygens (including phenoxy) is 2. The fraction of sp³-hybridized carbons (Fsp3) is 0.536. The first kappa shape index (κ1) is 28.5. The largest absolute Gasteiger partial charge is 0.460 e. The molecule has 4 aliphatic rings. The predicted molar refractivity (Wildman–Crippen MR) is 154 cm³/mol. The van der Waals surface area contributed by atoms with Crippen LogP contribution in [-0.2, 0) is 24.3 Å². The Balaban J connectivity index is 1.25. The van der Waals surface area contributed by atoms with Gasteiger partial charge in [0.15, 0.2) is 6.23 Å². The summed E-state index contributed by atoms with van der Waals surface area (Å²) in [6.45, 7) is 4.29. The van der Waals surface area contributed by atoms with Crippen molar-refractivity contribution in [3.8, 4) is 12.3 Å². The Hall–Kier alpha value is -3.64. The van der Waals surface area contributed by atoms with E-state index in [0.717, 1.165) is 0 Å². The first-order valence-corrected chi connectivity index (χ1v) is 15.6. The van der Waals surface area contributed by atoms with Gasteiger partial charge in [-0.05, 0) is 44.7 Å². The number of hydrogen-bond donors (Lipinski definition) is 1. The zero-order valence-electron chi connectivity index (χ0n) is 23.7. The number of rotatable bonds is 4. The van der Waals surface area contributed by atoms with Gasteiger partial charge in [-0.15, -0.1) is 11.5 Å². The van der Waals surface area contributed by atoms with Crippen LogP contribution in [0.3, 0.4) is 0 Å². The van der Waals surface area contributed by atoms with E-state index >= 15 is 0 Å². The van der Waals surface area contributed by atoms with Crippen molar-refractivity contribution in [3.05, 3.63) is 29.8 Å². The van der Waals surface area contributed by atoms with Crippen molar-refractivity contribution in [2.45, 2.75) is 43.1 Å². The second kappa shape index (κ2) is 11.2. The number of carbonyl (C=O) groups is 2. The van der Waals surface area contributed by atoms with E-state index in [1.807, 2.05) is 14.0 Å². The van der Waals surface area contributed by atoms with Crippen LogP contribution in [-0.4, -0.2) is 133 Å². The van der Waals surface area contributed by atoms with Gasteiger partial charge in [0.05, 0.1) is 25.3 Å². The summed E-state index contributed by atoms with van der Waals surface area (Å²) in [5.74, 6) is 2.91. The molecule has 224 valence electrons. The SMILES string of the molecule is C#Cc1ccc2[nH]c(S(=O)(=O)N3CCN(C(=O)N4CCC5C(=N4)OC(C)N5C)C(CC(=O)N4CCOCC4)C3)cc2c1. The van der Waals surface area contributed by atoms with E-state index in [1.54, 1.807) is 34.1 Å². The molecule has 4 aliphatic heterocycles. The van der Waals surface area contributed by atoms with Crippen molar-refractivity contribution in [1.29, 1.82) is 0 Å².